The van der Waals surface area contributed by atoms with Crippen molar-refractivity contribution >= 4 is 28.1 Å². The van der Waals surface area contributed by atoms with Gasteiger partial charge in [0.1, 0.15) is 5.75 Å². The van der Waals surface area contributed by atoms with Crippen molar-refractivity contribution in [1.82, 2.24) is 9.99 Å². The summed E-state index contributed by atoms with van der Waals surface area (Å²) >= 11 is 3.38. The Balaban J connectivity index is 1.97. The van der Waals surface area contributed by atoms with Crippen LogP contribution in [0.25, 0.3) is 0 Å². The first-order valence-corrected chi connectivity index (χ1v) is 9.02. The molecule has 1 atom stereocenters. The molecule has 1 amide bonds. The van der Waals surface area contributed by atoms with Gasteiger partial charge in [-0.05, 0) is 58.9 Å². The lowest BCUT2D eigenvalue weighted by atomic mass is 10.2. The number of hydrazone groups is 1. The van der Waals surface area contributed by atoms with Gasteiger partial charge in [-0.1, -0.05) is 22.0 Å². The molecular formula is C19H24BrN3O2. The number of aromatic nitrogens is 1. The minimum atomic E-state index is -0.644. The maximum Gasteiger partial charge on any atom is 0.280 e. The summed E-state index contributed by atoms with van der Waals surface area (Å²) in [6.45, 7) is 10.1. The number of halogens is 1. The maximum absolute atomic E-state index is 12.1. The van der Waals surface area contributed by atoms with Crippen LogP contribution in [-0.2, 0) is 4.79 Å². The van der Waals surface area contributed by atoms with E-state index in [1.54, 1.807) is 19.2 Å². The Kier molecular flexibility index (Phi) is 6.42. The predicted octanol–water partition coefficient (Wildman–Crippen LogP) is 4.37. The third-order valence-corrected chi connectivity index (χ3v) is 4.39. The molecule has 0 aliphatic heterocycles. The molecule has 0 radical (unpaired) electrons. The molecule has 25 heavy (non-hydrogen) atoms. The molecule has 5 nitrogen and oxygen atoms in total. The molecule has 0 saturated heterocycles. The van der Waals surface area contributed by atoms with Gasteiger partial charge in [-0.25, -0.2) is 5.43 Å². The number of benzene rings is 1. The van der Waals surface area contributed by atoms with Crippen LogP contribution >= 0.6 is 15.9 Å². The van der Waals surface area contributed by atoms with Crippen LogP contribution in [0.5, 0.6) is 5.75 Å². The molecule has 0 unspecified atom stereocenters. The lowest BCUT2D eigenvalue weighted by Gasteiger charge is -2.13. The van der Waals surface area contributed by atoms with Gasteiger partial charge in [0, 0.05) is 27.5 Å². The van der Waals surface area contributed by atoms with Crippen molar-refractivity contribution in [3.8, 4) is 5.75 Å². The quantitative estimate of drug-likeness (QED) is 0.572. The number of ether oxygens (including phenoxy) is 1. The molecule has 2 rings (SSSR count). The zero-order chi connectivity index (χ0) is 18.6. The molecule has 2 aromatic rings. The van der Waals surface area contributed by atoms with E-state index >= 15 is 0 Å². The second-order valence-electron chi connectivity index (χ2n) is 6.24. The molecule has 0 spiro atoms. The number of hydrogen-bond donors (Lipinski definition) is 1. The van der Waals surface area contributed by atoms with Gasteiger partial charge in [0.05, 0.1) is 6.21 Å². The number of nitrogens with zero attached hydrogens (tertiary/aromatic N) is 2. The fourth-order valence-corrected chi connectivity index (χ4v) is 3.16. The molecule has 0 aliphatic carbocycles. The van der Waals surface area contributed by atoms with E-state index in [9.17, 15) is 4.79 Å². The standard InChI is InChI=1S/C19H24BrN3O2/c1-12(2)23-13(3)9-16(14(23)4)11-21-22-19(24)15(5)25-18-8-6-7-17(20)10-18/h6-12,15H,1-5H3,(H,22,24)/b21-11-/t15-/m1/s1. The maximum atomic E-state index is 12.1. The predicted molar refractivity (Wildman–Crippen MR) is 104 cm³/mol. The van der Waals surface area contributed by atoms with E-state index in [2.05, 4.69) is 64.8 Å². The largest absolute Gasteiger partial charge is 0.481 e. The zero-order valence-electron chi connectivity index (χ0n) is 15.2. The lowest BCUT2D eigenvalue weighted by molar-refractivity contribution is -0.127. The molecule has 0 bridgehead atoms. The van der Waals surface area contributed by atoms with Gasteiger partial charge < -0.3 is 9.30 Å². The summed E-state index contributed by atoms with van der Waals surface area (Å²) in [4.78, 5) is 12.1. The van der Waals surface area contributed by atoms with Gasteiger partial charge in [-0.15, -0.1) is 0 Å². The first-order valence-electron chi connectivity index (χ1n) is 8.23. The van der Waals surface area contributed by atoms with Crippen molar-refractivity contribution in [3.63, 3.8) is 0 Å². The second kappa shape index (κ2) is 8.34. The zero-order valence-corrected chi connectivity index (χ0v) is 16.8. The highest BCUT2D eigenvalue weighted by molar-refractivity contribution is 9.10. The number of carbonyl (C=O) groups is 1. The van der Waals surface area contributed by atoms with Crippen LogP contribution < -0.4 is 10.2 Å². The fourth-order valence-electron chi connectivity index (χ4n) is 2.78. The number of aryl methyl sites for hydroxylation is 1. The molecule has 0 fully saturated rings. The van der Waals surface area contributed by atoms with Crippen LogP contribution in [0.2, 0.25) is 0 Å². The Morgan fingerprint density at radius 2 is 2.00 bits per heavy atom. The Morgan fingerprint density at radius 1 is 1.28 bits per heavy atom. The van der Waals surface area contributed by atoms with Gasteiger partial charge >= 0.3 is 0 Å². The Hall–Kier alpha value is -2.08. The minimum absolute atomic E-state index is 0.297. The van der Waals surface area contributed by atoms with Gasteiger partial charge in [-0.3, -0.25) is 4.79 Å². The normalized spacial score (nSPS) is 12.6. The first-order chi connectivity index (χ1) is 11.8. The highest BCUT2D eigenvalue weighted by atomic mass is 79.9. The highest BCUT2D eigenvalue weighted by Gasteiger charge is 2.14. The highest BCUT2D eigenvalue weighted by Crippen LogP contribution is 2.19. The smallest absolute Gasteiger partial charge is 0.280 e. The first kappa shape index (κ1) is 19.2. The van der Waals surface area contributed by atoms with E-state index in [1.165, 1.54) is 5.69 Å². The van der Waals surface area contributed by atoms with Crippen molar-refractivity contribution < 1.29 is 9.53 Å². The van der Waals surface area contributed by atoms with E-state index in [0.717, 1.165) is 15.7 Å². The summed E-state index contributed by atoms with van der Waals surface area (Å²) in [7, 11) is 0. The summed E-state index contributed by atoms with van der Waals surface area (Å²) < 4.78 is 8.76. The molecule has 0 aliphatic rings. The summed E-state index contributed by atoms with van der Waals surface area (Å²) in [5.41, 5.74) is 5.83. The van der Waals surface area contributed by atoms with E-state index in [-0.39, 0.29) is 5.91 Å². The van der Waals surface area contributed by atoms with E-state index < -0.39 is 6.10 Å². The van der Waals surface area contributed by atoms with Gasteiger partial charge in [0.15, 0.2) is 6.10 Å². The average Bonchev–Trinajstić information content (AvgIpc) is 2.81. The molecule has 1 aromatic heterocycles. The molecule has 1 heterocycles. The molecule has 134 valence electrons. The summed E-state index contributed by atoms with van der Waals surface area (Å²) in [5, 5.41) is 4.07. The Labute approximate surface area is 157 Å². The van der Waals surface area contributed by atoms with Gasteiger partial charge in [-0.2, -0.15) is 5.10 Å². The van der Waals surface area contributed by atoms with Crippen LogP contribution in [-0.4, -0.2) is 22.8 Å². The Bertz CT molecular complexity index is 781. The van der Waals surface area contributed by atoms with Crippen molar-refractivity contribution in [2.24, 2.45) is 5.10 Å². The Morgan fingerprint density at radius 3 is 2.60 bits per heavy atom. The SMILES string of the molecule is Cc1cc(/C=N\NC(=O)[C@@H](C)Oc2cccc(Br)c2)c(C)n1C(C)C. The van der Waals surface area contributed by atoms with E-state index in [1.807, 2.05) is 18.2 Å². The number of amides is 1. The lowest BCUT2D eigenvalue weighted by Crippen LogP contribution is -2.33. The van der Waals surface area contributed by atoms with Crippen LogP contribution in [0.3, 0.4) is 0 Å². The number of carbonyl (C=O) groups excluding carboxylic acids is 1. The van der Waals surface area contributed by atoms with Gasteiger partial charge in [0.25, 0.3) is 5.91 Å². The molecule has 6 heteroatoms. The second-order valence-corrected chi connectivity index (χ2v) is 7.16. The van der Waals surface area contributed by atoms with Crippen LogP contribution in [0.1, 0.15) is 43.8 Å². The van der Waals surface area contributed by atoms with E-state index in [4.69, 9.17) is 4.74 Å². The topological polar surface area (TPSA) is 55.6 Å². The van der Waals surface area contributed by atoms with E-state index in [0.29, 0.717) is 11.8 Å². The van der Waals surface area contributed by atoms with Crippen molar-refractivity contribution in [1.29, 1.82) is 0 Å². The van der Waals surface area contributed by atoms with Crippen molar-refractivity contribution in [3.05, 3.63) is 51.8 Å². The third kappa shape index (κ3) is 4.95. The van der Waals surface area contributed by atoms with Crippen LogP contribution in [0.4, 0.5) is 0 Å². The summed E-state index contributed by atoms with van der Waals surface area (Å²) in [6.07, 6.45) is 1.03. The third-order valence-electron chi connectivity index (χ3n) is 3.90. The van der Waals surface area contributed by atoms with Crippen molar-refractivity contribution in [2.75, 3.05) is 0 Å². The molecular weight excluding hydrogens is 382 g/mol. The molecule has 0 saturated carbocycles. The summed E-state index contributed by atoms with van der Waals surface area (Å²) in [6, 6.07) is 9.82. The number of rotatable bonds is 6. The van der Waals surface area contributed by atoms with Crippen LogP contribution in [0.15, 0.2) is 39.9 Å². The molecule has 1 aromatic carbocycles. The number of hydrogen-bond acceptors (Lipinski definition) is 3. The van der Waals surface area contributed by atoms with Crippen LogP contribution in [0, 0.1) is 13.8 Å². The fraction of sp³-hybridized carbons (Fsp3) is 0.368. The molecule has 1 N–H and O–H groups in total. The minimum Gasteiger partial charge on any atom is -0.481 e. The van der Waals surface area contributed by atoms with Crippen molar-refractivity contribution in [2.45, 2.75) is 46.8 Å². The number of nitrogens with one attached hydrogen (secondary N) is 1. The monoisotopic (exact) mass is 405 g/mol. The average molecular weight is 406 g/mol. The van der Waals surface area contributed by atoms with Gasteiger partial charge in [0.2, 0.25) is 0 Å². The summed E-state index contributed by atoms with van der Waals surface area (Å²) in [5.74, 6) is 0.329.